The lowest BCUT2D eigenvalue weighted by molar-refractivity contribution is 0.393. The van der Waals surface area contributed by atoms with Gasteiger partial charge < -0.3 is 4.52 Å². The van der Waals surface area contributed by atoms with Crippen LogP contribution in [0.3, 0.4) is 0 Å². The molecule has 13 heavy (non-hydrogen) atoms. The first-order valence-electron chi connectivity index (χ1n) is 3.94. The van der Waals surface area contributed by atoms with Crippen LogP contribution in [0.4, 0.5) is 0 Å². The monoisotopic (exact) mass is 254 g/mol. The Morgan fingerprint density at radius 1 is 1.31 bits per heavy atom. The first-order chi connectivity index (χ1) is 6.18. The highest BCUT2D eigenvalue weighted by atomic mass is 33.2. The minimum absolute atomic E-state index is 0.686. The first kappa shape index (κ1) is 13.8. The highest BCUT2D eigenvalue weighted by molar-refractivity contribution is 8.99. The minimum Gasteiger partial charge on any atom is -0.334 e. The van der Waals surface area contributed by atoms with E-state index >= 15 is 0 Å². The van der Waals surface area contributed by atoms with Crippen LogP contribution in [0.2, 0.25) is 0 Å². The molecular formula is C8H15OPS3. The molecule has 0 aliphatic carbocycles. The second-order valence-electron chi connectivity index (χ2n) is 2.03. The summed E-state index contributed by atoms with van der Waals surface area (Å²) in [5.41, 5.74) is 0. The van der Waals surface area contributed by atoms with Gasteiger partial charge in [-0.2, -0.15) is 0 Å². The van der Waals surface area contributed by atoms with Crippen molar-refractivity contribution >= 4 is 39.2 Å². The van der Waals surface area contributed by atoms with Gasteiger partial charge in [0.2, 0.25) is 0 Å². The summed E-state index contributed by atoms with van der Waals surface area (Å²) >= 11 is 8.83. The van der Waals surface area contributed by atoms with Gasteiger partial charge in [0.15, 0.2) is 4.67 Å². The molecule has 0 bridgehead atoms. The van der Waals surface area contributed by atoms with Gasteiger partial charge in [0.05, 0.1) is 6.61 Å². The average molecular weight is 254 g/mol. The molecule has 0 saturated heterocycles. The maximum atomic E-state index is 5.59. The van der Waals surface area contributed by atoms with Crippen LogP contribution in [-0.4, -0.2) is 18.1 Å². The van der Waals surface area contributed by atoms with Crippen molar-refractivity contribution in [1.29, 1.82) is 0 Å². The normalized spacial score (nSPS) is 11.2. The van der Waals surface area contributed by atoms with Crippen molar-refractivity contribution in [1.82, 2.24) is 0 Å². The number of hydrogen-bond donors (Lipinski definition) is 0. The van der Waals surface area contributed by atoms with Gasteiger partial charge in [-0.3, -0.25) is 0 Å². The van der Waals surface area contributed by atoms with Crippen LogP contribution in [0, 0.1) is 0 Å². The minimum atomic E-state index is -1.73. The molecule has 76 valence electrons. The molecule has 5 heteroatoms. The van der Waals surface area contributed by atoms with Gasteiger partial charge in [0.1, 0.15) is 0 Å². The maximum absolute atomic E-state index is 5.59. The Kier molecular flexibility index (Phi) is 8.62. The quantitative estimate of drug-likeness (QED) is 0.476. The Balaban J connectivity index is 4.06. The van der Waals surface area contributed by atoms with Gasteiger partial charge in [-0.25, -0.2) is 0 Å². The lowest BCUT2D eigenvalue weighted by Crippen LogP contribution is -1.84. The SMILES string of the molecule is C=CCSP(=S)(OCC)SCC=C. The summed E-state index contributed by atoms with van der Waals surface area (Å²) in [7, 11) is 0. The van der Waals surface area contributed by atoms with Crippen LogP contribution in [0.25, 0.3) is 0 Å². The van der Waals surface area contributed by atoms with Gasteiger partial charge in [0, 0.05) is 11.5 Å². The summed E-state index contributed by atoms with van der Waals surface area (Å²) in [6.45, 7) is 10.0. The van der Waals surface area contributed by atoms with Crippen molar-refractivity contribution in [3.8, 4) is 0 Å². The molecule has 0 radical (unpaired) electrons. The van der Waals surface area contributed by atoms with Crippen molar-refractivity contribution in [3.05, 3.63) is 25.3 Å². The molecule has 0 saturated carbocycles. The summed E-state index contributed by atoms with van der Waals surface area (Å²) in [6, 6.07) is 0. The maximum Gasteiger partial charge on any atom is 0.175 e. The molecule has 0 N–H and O–H groups in total. The van der Waals surface area contributed by atoms with Crippen molar-refractivity contribution in [2.75, 3.05) is 18.1 Å². The molecule has 0 aliphatic heterocycles. The van der Waals surface area contributed by atoms with Crippen LogP contribution in [0.1, 0.15) is 6.92 Å². The van der Waals surface area contributed by atoms with E-state index in [2.05, 4.69) is 13.2 Å². The summed E-state index contributed by atoms with van der Waals surface area (Å²) < 4.78 is 3.86. The molecule has 0 fully saturated rings. The highest BCUT2D eigenvalue weighted by Crippen LogP contribution is 2.70. The summed E-state index contributed by atoms with van der Waals surface area (Å²) in [6.07, 6.45) is 3.72. The standard InChI is InChI=1S/C8H15OPS3/c1-4-7-12-10(11,9-6-3)13-8-5-2/h4-5H,1-2,6-8H2,3H3. The number of rotatable bonds is 8. The van der Waals surface area contributed by atoms with Gasteiger partial charge in [-0.15, -0.1) is 13.2 Å². The molecule has 0 aliphatic rings. The van der Waals surface area contributed by atoms with Gasteiger partial charge in [-0.1, -0.05) is 34.9 Å². The Morgan fingerprint density at radius 3 is 2.08 bits per heavy atom. The molecule has 0 aromatic carbocycles. The van der Waals surface area contributed by atoms with Crippen molar-refractivity contribution in [2.24, 2.45) is 0 Å². The van der Waals surface area contributed by atoms with E-state index in [1.165, 1.54) is 0 Å². The zero-order valence-corrected chi connectivity index (χ0v) is 11.1. The molecule has 0 rings (SSSR count). The lowest BCUT2D eigenvalue weighted by atomic mass is 10.8. The lowest BCUT2D eigenvalue weighted by Gasteiger charge is -2.18. The molecule has 0 atom stereocenters. The van der Waals surface area contributed by atoms with E-state index in [1.54, 1.807) is 22.8 Å². The van der Waals surface area contributed by atoms with E-state index < -0.39 is 4.67 Å². The fourth-order valence-corrected chi connectivity index (χ4v) is 7.88. The third-order valence-electron chi connectivity index (χ3n) is 0.988. The zero-order chi connectivity index (χ0) is 10.2. The Bertz CT molecular complexity index is 190. The summed E-state index contributed by atoms with van der Waals surface area (Å²) in [5.74, 6) is 1.73. The topological polar surface area (TPSA) is 9.23 Å². The van der Waals surface area contributed by atoms with Crippen LogP contribution in [0.5, 0.6) is 0 Å². The molecule has 0 aromatic heterocycles. The molecule has 0 unspecified atom stereocenters. The fourth-order valence-electron chi connectivity index (χ4n) is 0.558. The molecule has 0 heterocycles. The Hall–Kier alpha value is 0.790. The van der Waals surface area contributed by atoms with Crippen LogP contribution >= 0.6 is 27.4 Å². The van der Waals surface area contributed by atoms with Crippen molar-refractivity contribution in [3.63, 3.8) is 0 Å². The van der Waals surface area contributed by atoms with Gasteiger partial charge in [0.25, 0.3) is 0 Å². The van der Waals surface area contributed by atoms with E-state index in [1.807, 2.05) is 19.1 Å². The largest absolute Gasteiger partial charge is 0.334 e. The van der Waals surface area contributed by atoms with Crippen LogP contribution in [-0.2, 0) is 16.3 Å². The molecule has 1 nitrogen and oxygen atoms in total. The van der Waals surface area contributed by atoms with Gasteiger partial charge in [-0.05, 0) is 18.7 Å². The summed E-state index contributed by atoms with van der Waals surface area (Å²) in [5, 5.41) is 0. The molecule has 0 aromatic rings. The zero-order valence-electron chi connectivity index (χ0n) is 7.77. The third kappa shape index (κ3) is 6.81. The van der Waals surface area contributed by atoms with E-state index in [4.69, 9.17) is 16.3 Å². The van der Waals surface area contributed by atoms with E-state index in [9.17, 15) is 0 Å². The predicted molar refractivity (Wildman–Crippen MR) is 71.2 cm³/mol. The van der Waals surface area contributed by atoms with E-state index in [-0.39, 0.29) is 0 Å². The first-order valence-corrected chi connectivity index (χ1v) is 9.84. The van der Waals surface area contributed by atoms with Crippen LogP contribution < -0.4 is 0 Å². The van der Waals surface area contributed by atoms with E-state index in [0.29, 0.717) is 6.61 Å². The Morgan fingerprint density at radius 2 is 1.77 bits per heavy atom. The molecule has 0 amide bonds. The Labute approximate surface area is 94.0 Å². The second kappa shape index (κ2) is 8.13. The van der Waals surface area contributed by atoms with Gasteiger partial charge >= 0.3 is 0 Å². The average Bonchev–Trinajstić information content (AvgIpc) is 2.12. The smallest absolute Gasteiger partial charge is 0.175 e. The van der Waals surface area contributed by atoms with Crippen LogP contribution in [0.15, 0.2) is 25.3 Å². The molecular weight excluding hydrogens is 239 g/mol. The highest BCUT2D eigenvalue weighted by Gasteiger charge is 2.16. The summed E-state index contributed by atoms with van der Waals surface area (Å²) in [4.78, 5) is 0. The predicted octanol–water partition coefficient (Wildman–Crippen LogP) is 4.09. The van der Waals surface area contributed by atoms with E-state index in [0.717, 1.165) is 11.5 Å². The molecule has 0 spiro atoms. The number of hydrogen-bond acceptors (Lipinski definition) is 4. The third-order valence-corrected chi connectivity index (χ3v) is 10.5. The fraction of sp³-hybridized carbons (Fsp3) is 0.500. The van der Waals surface area contributed by atoms with Crippen molar-refractivity contribution < 1.29 is 4.52 Å². The second-order valence-corrected chi connectivity index (χ2v) is 12.6. The van der Waals surface area contributed by atoms with Crippen molar-refractivity contribution in [2.45, 2.75) is 6.92 Å².